The molecule has 0 aromatic heterocycles. The van der Waals surface area contributed by atoms with Crippen LogP contribution in [0.1, 0.15) is 22.1 Å². The predicted molar refractivity (Wildman–Crippen MR) is 113 cm³/mol. The number of amides is 1. The Kier molecular flexibility index (Phi) is 6.54. The van der Waals surface area contributed by atoms with Crippen molar-refractivity contribution in [3.8, 4) is 17.2 Å². The molecule has 0 unspecified atom stereocenters. The SMILES string of the molecule is O=C(COc1ccc(C2SCCCS2)cc1)NCc1cccc2c1OCCO2. The largest absolute Gasteiger partial charge is 0.486 e. The summed E-state index contributed by atoms with van der Waals surface area (Å²) in [7, 11) is 0. The third-order valence-corrected chi connectivity index (χ3v) is 7.49. The summed E-state index contributed by atoms with van der Waals surface area (Å²) < 4.78 is 17.4. The average molecular weight is 418 g/mol. The first-order valence-electron chi connectivity index (χ1n) is 9.40. The summed E-state index contributed by atoms with van der Waals surface area (Å²) in [5.74, 6) is 4.42. The van der Waals surface area contributed by atoms with E-state index in [0.29, 0.717) is 35.8 Å². The molecular formula is C21H23NO4S2. The van der Waals surface area contributed by atoms with Crippen molar-refractivity contribution >= 4 is 29.4 Å². The minimum absolute atomic E-state index is 0.0152. The first kappa shape index (κ1) is 19.3. The molecule has 0 spiro atoms. The molecule has 2 aromatic rings. The molecule has 4 rings (SSSR count). The third-order valence-electron chi connectivity index (χ3n) is 4.47. The van der Waals surface area contributed by atoms with Gasteiger partial charge in [0.2, 0.25) is 0 Å². The third kappa shape index (κ3) is 4.89. The minimum atomic E-state index is -0.170. The Balaban J connectivity index is 1.26. The molecule has 1 amide bonds. The number of carbonyl (C=O) groups excluding carboxylic acids is 1. The molecule has 1 N–H and O–H groups in total. The van der Waals surface area contributed by atoms with Crippen molar-refractivity contribution in [2.45, 2.75) is 17.5 Å². The Hall–Kier alpha value is -1.99. The summed E-state index contributed by atoms with van der Waals surface area (Å²) >= 11 is 3.99. The second kappa shape index (κ2) is 9.47. The molecule has 0 saturated carbocycles. The fourth-order valence-corrected chi connectivity index (χ4v) is 5.96. The lowest BCUT2D eigenvalue weighted by Crippen LogP contribution is -2.29. The number of rotatable bonds is 6. The van der Waals surface area contributed by atoms with Crippen LogP contribution in [0.4, 0.5) is 0 Å². The number of fused-ring (bicyclic) bond motifs is 1. The van der Waals surface area contributed by atoms with Gasteiger partial charge in [-0.2, -0.15) is 0 Å². The number of carbonyl (C=O) groups is 1. The lowest BCUT2D eigenvalue weighted by Gasteiger charge is -2.21. The molecule has 28 heavy (non-hydrogen) atoms. The summed E-state index contributed by atoms with van der Waals surface area (Å²) in [5, 5.41) is 2.88. The van der Waals surface area contributed by atoms with Crippen molar-refractivity contribution in [1.82, 2.24) is 5.32 Å². The number of nitrogens with one attached hydrogen (secondary N) is 1. The van der Waals surface area contributed by atoms with Crippen LogP contribution in [0.3, 0.4) is 0 Å². The van der Waals surface area contributed by atoms with E-state index < -0.39 is 0 Å². The second-order valence-electron chi connectivity index (χ2n) is 6.50. The maximum atomic E-state index is 12.2. The van der Waals surface area contributed by atoms with Crippen molar-refractivity contribution in [3.05, 3.63) is 53.6 Å². The van der Waals surface area contributed by atoms with Gasteiger partial charge in [-0.05, 0) is 41.7 Å². The van der Waals surface area contributed by atoms with Crippen LogP contribution in [-0.4, -0.2) is 37.2 Å². The van der Waals surface area contributed by atoms with Gasteiger partial charge in [-0.3, -0.25) is 4.79 Å². The molecule has 1 fully saturated rings. The first-order chi connectivity index (χ1) is 13.8. The van der Waals surface area contributed by atoms with Gasteiger partial charge in [-0.1, -0.05) is 24.3 Å². The van der Waals surface area contributed by atoms with E-state index in [9.17, 15) is 4.79 Å². The number of hydrogen-bond acceptors (Lipinski definition) is 6. The standard InChI is InChI=1S/C21H23NO4S2/c23-19(22-13-16-3-1-4-18-20(16)25-10-9-24-18)14-26-17-7-5-15(6-8-17)21-27-11-2-12-28-21/h1,3-8,21H,2,9-14H2,(H,22,23). The summed E-state index contributed by atoms with van der Waals surface area (Å²) in [6.45, 7) is 1.44. The van der Waals surface area contributed by atoms with Gasteiger partial charge < -0.3 is 19.5 Å². The molecule has 5 nitrogen and oxygen atoms in total. The predicted octanol–water partition coefficient (Wildman–Crippen LogP) is 4.02. The Morgan fingerprint density at radius 1 is 1.07 bits per heavy atom. The van der Waals surface area contributed by atoms with Crippen molar-refractivity contribution in [2.24, 2.45) is 0 Å². The smallest absolute Gasteiger partial charge is 0.258 e. The molecule has 0 aliphatic carbocycles. The maximum Gasteiger partial charge on any atom is 0.258 e. The van der Waals surface area contributed by atoms with E-state index in [0.717, 1.165) is 11.3 Å². The van der Waals surface area contributed by atoms with Crippen molar-refractivity contribution < 1.29 is 19.0 Å². The molecule has 2 aromatic carbocycles. The fraction of sp³-hybridized carbons (Fsp3) is 0.381. The molecule has 0 atom stereocenters. The van der Waals surface area contributed by atoms with Crippen LogP contribution >= 0.6 is 23.5 Å². The van der Waals surface area contributed by atoms with Crippen molar-refractivity contribution in [2.75, 3.05) is 31.3 Å². The highest BCUT2D eigenvalue weighted by molar-refractivity contribution is 8.16. The molecule has 0 bridgehead atoms. The van der Waals surface area contributed by atoms with E-state index in [-0.39, 0.29) is 12.5 Å². The van der Waals surface area contributed by atoms with Crippen LogP contribution in [0.15, 0.2) is 42.5 Å². The van der Waals surface area contributed by atoms with Crippen LogP contribution in [0.2, 0.25) is 0 Å². The zero-order valence-electron chi connectivity index (χ0n) is 15.5. The number of thioether (sulfide) groups is 2. The summed E-state index contributed by atoms with van der Waals surface area (Å²) in [6.07, 6.45) is 1.28. The molecule has 2 aliphatic heterocycles. The van der Waals surface area contributed by atoms with Gasteiger partial charge in [-0.15, -0.1) is 23.5 Å². The van der Waals surface area contributed by atoms with E-state index >= 15 is 0 Å². The zero-order chi connectivity index (χ0) is 19.2. The van der Waals surface area contributed by atoms with E-state index in [1.54, 1.807) is 0 Å². The normalized spacial score (nSPS) is 16.4. The first-order valence-corrected chi connectivity index (χ1v) is 11.5. The Morgan fingerprint density at radius 2 is 1.86 bits per heavy atom. The van der Waals surface area contributed by atoms with Crippen molar-refractivity contribution in [3.63, 3.8) is 0 Å². The summed E-state index contributed by atoms with van der Waals surface area (Å²) in [6, 6.07) is 13.8. The summed E-state index contributed by atoms with van der Waals surface area (Å²) in [4.78, 5) is 12.2. The van der Waals surface area contributed by atoms with Gasteiger partial charge >= 0.3 is 0 Å². The topological polar surface area (TPSA) is 56.8 Å². The van der Waals surface area contributed by atoms with E-state index in [1.807, 2.05) is 53.9 Å². The molecule has 1 saturated heterocycles. The molecule has 0 radical (unpaired) electrons. The van der Waals surface area contributed by atoms with E-state index in [2.05, 4.69) is 17.4 Å². The van der Waals surface area contributed by atoms with Crippen molar-refractivity contribution in [1.29, 1.82) is 0 Å². The van der Waals surface area contributed by atoms with E-state index in [4.69, 9.17) is 14.2 Å². The lowest BCUT2D eigenvalue weighted by atomic mass is 10.1. The van der Waals surface area contributed by atoms with Gasteiger partial charge in [-0.25, -0.2) is 0 Å². The molecular weight excluding hydrogens is 394 g/mol. The van der Waals surface area contributed by atoms with Gasteiger partial charge in [0, 0.05) is 12.1 Å². The number of ether oxygens (including phenoxy) is 3. The number of para-hydroxylation sites is 1. The lowest BCUT2D eigenvalue weighted by molar-refractivity contribution is -0.123. The Morgan fingerprint density at radius 3 is 2.68 bits per heavy atom. The highest BCUT2D eigenvalue weighted by Gasteiger charge is 2.17. The number of benzene rings is 2. The van der Waals surface area contributed by atoms with Gasteiger partial charge in [0.15, 0.2) is 18.1 Å². The van der Waals surface area contributed by atoms with E-state index in [1.165, 1.54) is 23.5 Å². The van der Waals surface area contributed by atoms with Crippen LogP contribution in [0.5, 0.6) is 17.2 Å². The van der Waals surface area contributed by atoms with Gasteiger partial charge in [0.1, 0.15) is 19.0 Å². The molecule has 148 valence electrons. The second-order valence-corrected chi connectivity index (χ2v) is 9.23. The van der Waals surface area contributed by atoms with Gasteiger partial charge in [0.25, 0.3) is 5.91 Å². The highest BCUT2D eigenvalue weighted by atomic mass is 32.2. The molecule has 7 heteroatoms. The summed E-state index contributed by atoms with van der Waals surface area (Å²) in [5.41, 5.74) is 2.21. The molecule has 2 aliphatic rings. The average Bonchev–Trinajstić information content (AvgIpc) is 2.77. The van der Waals surface area contributed by atoms with Crippen LogP contribution in [0, 0.1) is 0 Å². The molecule has 2 heterocycles. The van der Waals surface area contributed by atoms with Crippen LogP contribution < -0.4 is 19.5 Å². The number of hydrogen-bond donors (Lipinski definition) is 1. The van der Waals surface area contributed by atoms with Gasteiger partial charge in [0.05, 0.1) is 4.58 Å². The highest BCUT2D eigenvalue weighted by Crippen LogP contribution is 2.43. The van der Waals surface area contributed by atoms with Crippen LogP contribution in [-0.2, 0) is 11.3 Å². The van der Waals surface area contributed by atoms with Crippen LogP contribution in [0.25, 0.3) is 0 Å². The quantitative estimate of drug-likeness (QED) is 0.766. The maximum absolute atomic E-state index is 12.2. The fourth-order valence-electron chi connectivity index (χ4n) is 3.07. The minimum Gasteiger partial charge on any atom is -0.486 e. The monoisotopic (exact) mass is 417 g/mol. The Bertz CT molecular complexity index is 807. The zero-order valence-corrected chi connectivity index (χ0v) is 17.2. The Labute approximate surface area is 173 Å².